The van der Waals surface area contributed by atoms with Crippen LogP contribution in [0.2, 0.25) is 0 Å². The van der Waals surface area contributed by atoms with E-state index in [1.807, 2.05) is 0 Å². The smallest absolute Gasteiger partial charge is 0.334 e. The van der Waals surface area contributed by atoms with Gasteiger partial charge in [0.1, 0.15) is 12.2 Å². The number of allylic oxidation sites excluding steroid dienone is 1. The molecule has 5 nitrogen and oxygen atoms in total. The number of rotatable bonds is 2. The van der Waals surface area contributed by atoms with Crippen LogP contribution in [0.15, 0.2) is 24.3 Å². The molecule has 2 saturated carbocycles. The first-order valence-corrected chi connectivity index (χ1v) is 8.70. The molecule has 2 aliphatic carbocycles. The SMILES string of the molecule is C=C1C(=O)O[C@H]2C[C@@H](C)[C@H]3[C@@H](O)CC[C@@]3(C)[C@@H](OC(=O)/C=C/C)[C@@H]12. The third-order valence-corrected chi connectivity index (χ3v) is 6.22. The van der Waals surface area contributed by atoms with Crippen molar-refractivity contribution < 1.29 is 24.2 Å². The van der Waals surface area contributed by atoms with Gasteiger partial charge in [-0.25, -0.2) is 9.59 Å². The van der Waals surface area contributed by atoms with E-state index in [0.717, 1.165) is 6.42 Å². The normalized spacial score (nSPS) is 44.8. The fourth-order valence-corrected chi connectivity index (χ4v) is 5.26. The van der Waals surface area contributed by atoms with Crippen molar-refractivity contribution in [3.05, 3.63) is 24.3 Å². The minimum atomic E-state index is -0.516. The molecule has 0 aromatic carbocycles. The molecule has 3 aliphatic rings. The fraction of sp³-hybridized carbons (Fsp3) is 0.684. The van der Waals surface area contributed by atoms with Crippen LogP contribution in [0.3, 0.4) is 0 Å². The summed E-state index contributed by atoms with van der Waals surface area (Å²) in [6.45, 7) is 9.81. The molecule has 1 N–H and O–H groups in total. The molecule has 132 valence electrons. The summed E-state index contributed by atoms with van der Waals surface area (Å²) >= 11 is 0. The number of carbonyl (C=O) groups excluding carboxylic acids is 2. The minimum Gasteiger partial charge on any atom is -0.458 e. The third kappa shape index (κ3) is 2.50. The molecule has 7 atom stereocenters. The predicted octanol–water partition coefficient (Wildman–Crippen LogP) is 2.39. The summed E-state index contributed by atoms with van der Waals surface area (Å²) in [5.41, 5.74) is -0.0133. The largest absolute Gasteiger partial charge is 0.458 e. The van der Waals surface area contributed by atoms with Crippen molar-refractivity contribution >= 4 is 11.9 Å². The summed E-state index contributed by atoms with van der Waals surface area (Å²) in [6, 6.07) is 0. The molecule has 1 saturated heterocycles. The summed E-state index contributed by atoms with van der Waals surface area (Å²) in [4.78, 5) is 24.2. The molecule has 24 heavy (non-hydrogen) atoms. The van der Waals surface area contributed by atoms with Gasteiger partial charge in [0.25, 0.3) is 0 Å². The van der Waals surface area contributed by atoms with E-state index >= 15 is 0 Å². The van der Waals surface area contributed by atoms with Gasteiger partial charge in [-0.3, -0.25) is 0 Å². The Bertz CT molecular complexity index is 595. The lowest BCUT2D eigenvalue weighted by Gasteiger charge is -2.41. The van der Waals surface area contributed by atoms with E-state index in [9.17, 15) is 14.7 Å². The lowest BCUT2D eigenvalue weighted by molar-refractivity contribution is -0.157. The molecular weight excluding hydrogens is 308 g/mol. The highest BCUT2D eigenvalue weighted by Gasteiger charge is 2.61. The zero-order valence-electron chi connectivity index (χ0n) is 14.5. The molecule has 0 spiro atoms. The standard InChI is InChI=1S/C19H26O5/c1-5-6-14(21)24-17-15-11(3)18(22)23-13(15)9-10(2)16-12(20)7-8-19(16,17)4/h5-6,10,12-13,15-17,20H,3,7-9H2,1-2,4H3/b6-5+/t10-,12+,13+,15+,16+,17+,19-/m1/s1. The number of esters is 2. The molecule has 1 aliphatic heterocycles. The maximum atomic E-state index is 12.2. The van der Waals surface area contributed by atoms with Gasteiger partial charge in [-0.15, -0.1) is 0 Å². The van der Waals surface area contributed by atoms with Crippen LogP contribution in [0, 0.1) is 23.2 Å². The Labute approximate surface area is 142 Å². The first-order valence-electron chi connectivity index (χ1n) is 8.70. The van der Waals surface area contributed by atoms with E-state index in [4.69, 9.17) is 9.47 Å². The van der Waals surface area contributed by atoms with Crippen molar-refractivity contribution in [2.75, 3.05) is 0 Å². The molecule has 1 heterocycles. The molecule has 3 fully saturated rings. The maximum Gasteiger partial charge on any atom is 0.334 e. The van der Waals surface area contributed by atoms with Gasteiger partial charge in [0.2, 0.25) is 0 Å². The molecule has 3 rings (SSSR count). The average molecular weight is 334 g/mol. The van der Waals surface area contributed by atoms with Crippen molar-refractivity contribution in [3.63, 3.8) is 0 Å². The highest BCUT2D eigenvalue weighted by Crippen LogP contribution is 2.57. The van der Waals surface area contributed by atoms with Crippen LogP contribution in [-0.2, 0) is 19.1 Å². The molecule has 0 amide bonds. The minimum absolute atomic E-state index is 0.0120. The van der Waals surface area contributed by atoms with Crippen molar-refractivity contribution in [3.8, 4) is 0 Å². The first kappa shape index (κ1) is 17.2. The van der Waals surface area contributed by atoms with Gasteiger partial charge in [-0.2, -0.15) is 0 Å². The van der Waals surface area contributed by atoms with E-state index in [1.54, 1.807) is 13.0 Å². The molecule has 0 aromatic heterocycles. The van der Waals surface area contributed by atoms with E-state index in [2.05, 4.69) is 20.4 Å². The first-order chi connectivity index (χ1) is 11.3. The summed E-state index contributed by atoms with van der Waals surface area (Å²) in [7, 11) is 0. The van der Waals surface area contributed by atoms with Gasteiger partial charge in [0.05, 0.1) is 12.0 Å². The zero-order valence-corrected chi connectivity index (χ0v) is 14.5. The monoisotopic (exact) mass is 334 g/mol. The summed E-state index contributed by atoms with van der Waals surface area (Å²) in [6.07, 6.45) is 3.83. The summed E-state index contributed by atoms with van der Waals surface area (Å²) in [5, 5.41) is 10.5. The number of ether oxygens (including phenoxy) is 2. The Morgan fingerprint density at radius 1 is 1.50 bits per heavy atom. The second-order valence-corrected chi connectivity index (χ2v) is 7.70. The van der Waals surface area contributed by atoms with Crippen LogP contribution < -0.4 is 0 Å². The van der Waals surface area contributed by atoms with Gasteiger partial charge < -0.3 is 14.6 Å². The summed E-state index contributed by atoms with van der Waals surface area (Å²) in [5.74, 6) is -0.981. The van der Waals surface area contributed by atoms with Gasteiger partial charge >= 0.3 is 11.9 Å². The van der Waals surface area contributed by atoms with Crippen LogP contribution in [0.5, 0.6) is 0 Å². The Morgan fingerprint density at radius 3 is 2.88 bits per heavy atom. The average Bonchev–Trinajstić information content (AvgIpc) is 2.92. The molecular formula is C19H26O5. The Balaban J connectivity index is 2.04. The lowest BCUT2D eigenvalue weighted by atomic mass is 9.68. The Morgan fingerprint density at radius 2 is 2.21 bits per heavy atom. The molecule has 0 radical (unpaired) electrons. The summed E-state index contributed by atoms with van der Waals surface area (Å²) < 4.78 is 11.3. The fourth-order valence-electron chi connectivity index (χ4n) is 5.26. The van der Waals surface area contributed by atoms with E-state index in [1.165, 1.54) is 6.08 Å². The van der Waals surface area contributed by atoms with Gasteiger partial charge in [0.15, 0.2) is 0 Å². The Hall–Kier alpha value is -1.62. The molecule has 0 unspecified atom stereocenters. The van der Waals surface area contributed by atoms with E-state index in [-0.39, 0.29) is 23.9 Å². The van der Waals surface area contributed by atoms with Gasteiger partial charge in [-0.05, 0) is 38.0 Å². The second kappa shape index (κ2) is 6.03. The lowest BCUT2D eigenvalue weighted by Crippen LogP contribution is -2.46. The Kier molecular flexibility index (Phi) is 4.32. The number of aliphatic hydroxyl groups excluding tert-OH is 1. The topological polar surface area (TPSA) is 72.8 Å². The van der Waals surface area contributed by atoms with E-state index in [0.29, 0.717) is 18.4 Å². The van der Waals surface area contributed by atoms with Crippen LogP contribution in [0.1, 0.15) is 40.0 Å². The number of hydrogen-bond acceptors (Lipinski definition) is 5. The van der Waals surface area contributed by atoms with Crippen LogP contribution in [-0.4, -0.2) is 35.4 Å². The van der Waals surface area contributed by atoms with Crippen molar-refractivity contribution in [1.29, 1.82) is 0 Å². The number of aliphatic hydroxyl groups is 1. The van der Waals surface area contributed by atoms with Gasteiger partial charge in [-0.1, -0.05) is 26.5 Å². The maximum absolute atomic E-state index is 12.2. The molecule has 0 aromatic rings. The quantitative estimate of drug-likeness (QED) is 0.620. The highest BCUT2D eigenvalue weighted by atomic mass is 16.6. The molecule has 5 heteroatoms. The van der Waals surface area contributed by atoms with Gasteiger partial charge in [0, 0.05) is 17.1 Å². The van der Waals surface area contributed by atoms with Crippen LogP contribution in [0.25, 0.3) is 0 Å². The number of fused-ring (bicyclic) bond motifs is 2. The second-order valence-electron chi connectivity index (χ2n) is 7.70. The van der Waals surface area contributed by atoms with Crippen LogP contribution >= 0.6 is 0 Å². The number of carbonyl (C=O) groups is 2. The molecule has 0 bridgehead atoms. The van der Waals surface area contributed by atoms with E-state index < -0.39 is 29.6 Å². The van der Waals surface area contributed by atoms with Crippen molar-refractivity contribution in [2.24, 2.45) is 23.2 Å². The van der Waals surface area contributed by atoms with Crippen molar-refractivity contribution in [1.82, 2.24) is 0 Å². The highest BCUT2D eigenvalue weighted by molar-refractivity contribution is 5.91. The number of hydrogen-bond donors (Lipinski definition) is 1. The van der Waals surface area contributed by atoms with Crippen LogP contribution in [0.4, 0.5) is 0 Å². The van der Waals surface area contributed by atoms with Crippen molar-refractivity contribution in [2.45, 2.75) is 58.3 Å². The predicted molar refractivity (Wildman–Crippen MR) is 87.8 cm³/mol. The zero-order chi connectivity index (χ0) is 17.6. The third-order valence-electron chi connectivity index (χ3n) is 6.22.